The minimum Gasteiger partial charge on any atom is -0.485 e. The van der Waals surface area contributed by atoms with Crippen molar-refractivity contribution in [1.82, 2.24) is 15.8 Å². The second kappa shape index (κ2) is 9.30. The van der Waals surface area contributed by atoms with Crippen LogP contribution in [0.2, 0.25) is 0 Å². The van der Waals surface area contributed by atoms with Crippen LogP contribution in [-0.4, -0.2) is 41.4 Å². The van der Waals surface area contributed by atoms with E-state index in [4.69, 9.17) is 9.47 Å². The summed E-state index contributed by atoms with van der Waals surface area (Å²) in [5, 5.41) is 0. The zero-order valence-electron chi connectivity index (χ0n) is 18.2. The molecule has 0 spiro atoms. The number of carbonyl (C=O) groups is 3. The van der Waals surface area contributed by atoms with E-state index in [0.717, 1.165) is 11.1 Å². The smallest absolute Gasteiger partial charge is 0.283 e. The number of carbonyl (C=O) groups excluding carboxylic acids is 3. The van der Waals surface area contributed by atoms with Crippen LogP contribution in [0.25, 0.3) is 0 Å². The number of hydrogen-bond donors (Lipinski definition) is 2. The first-order valence-corrected chi connectivity index (χ1v) is 10.8. The number of ether oxygens (including phenoxy) is 2. The SMILES string of the molecule is CC(C)CC(=O)N1Cc2ccccc2CC1C(=O)NNC(=O)C1COc2ccccc2O1. The Bertz CT molecular complexity index is 1020. The molecule has 0 fully saturated rings. The summed E-state index contributed by atoms with van der Waals surface area (Å²) in [7, 11) is 0. The summed E-state index contributed by atoms with van der Waals surface area (Å²) in [5.74, 6) is 0.169. The zero-order valence-corrected chi connectivity index (χ0v) is 18.2. The van der Waals surface area contributed by atoms with Gasteiger partial charge < -0.3 is 14.4 Å². The molecule has 8 heteroatoms. The lowest BCUT2D eigenvalue weighted by Gasteiger charge is -2.36. The maximum absolute atomic E-state index is 13.0. The highest BCUT2D eigenvalue weighted by Gasteiger charge is 2.35. The van der Waals surface area contributed by atoms with Gasteiger partial charge in [-0.3, -0.25) is 25.2 Å². The highest BCUT2D eigenvalue weighted by atomic mass is 16.6. The van der Waals surface area contributed by atoms with Crippen molar-refractivity contribution in [1.29, 1.82) is 0 Å². The molecule has 2 N–H and O–H groups in total. The van der Waals surface area contributed by atoms with E-state index in [1.165, 1.54) is 0 Å². The number of fused-ring (bicyclic) bond motifs is 2. The van der Waals surface area contributed by atoms with E-state index in [-0.39, 0.29) is 18.4 Å². The van der Waals surface area contributed by atoms with Crippen molar-refractivity contribution < 1.29 is 23.9 Å². The van der Waals surface area contributed by atoms with Crippen molar-refractivity contribution in [2.24, 2.45) is 5.92 Å². The summed E-state index contributed by atoms with van der Waals surface area (Å²) >= 11 is 0. The number of hydrogen-bond acceptors (Lipinski definition) is 5. The molecule has 0 radical (unpaired) electrons. The van der Waals surface area contributed by atoms with Gasteiger partial charge in [-0.25, -0.2) is 0 Å². The third-order valence-corrected chi connectivity index (χ3v) is 5.56. The van der Waals surface area contributed by atoms with Crippen LogP contribution in [0.1, 0.15) is 31.4 Å². The molecule has 2 aromatic rings. The number of nitrogens with one attached hydrogen (secondary N) is 2. The van der Waals surface area contributed by atoms with Gasteiger partial charge in [0.2, 0.25) is 12.0 Å². The van der Waals surface area contributed by atoms with E-state index in [9.17, 15) is 14.4 Å². The summed E-state index contributed by atoms with van der Waals surface area (Å²) in [5.41, 5.74) is 6.95. The molecule has 4 rings (SSSR count). The van der Waals surface area contributed by atoms with Crippen LogP contribution in [0.5, 0.6) is 11.5 Å². The molecule has 32 heavy (non-hydrogen) atoms. The number of amides is 3. The Hall–Kier alpha value is -3.55. The molecule has 2 unspecified atom stereocenters. The molecule has 0 saturated heterocycles. The lowest BCUT2D eigenvalue weighted by molar-refractivity contribution is -0.144. The lowest BCUT2D eigenvalue weighted by atomic mass is 9.92. The van der Waals surface area contributed by atoms with E-state index >= 15 is 0 Å². The van der Waals surface area contributed by atoms with Crippen molar-refractivity contribution in [2.75, 3.05) is 6.61 Å². The molecule has 2 atom stereocenters. The van der Waals surface area contributed by atoms with Crippen LogP contribution >= 0.6 is 0 Å². The maximum atomic E-state index is 13.0. The van der Waals surface area contributed by atoms with E-state index in [1.54, 1.807) is 23.1 Å². The molecule has 168 valence electrons. The van der Waals surface area contributed by atoms with Crippen molar-refractivity contribution >= 4 is 17.7 Å². The normalized spacial score (nSPS) is 19.2. The lowest BCUT2D eigenvalue weighted by Crippen LogP contribution is -2.58. The summed E-state index contributed by atoms with van der Waals surface area (Å²) in [6.07, 6.45) is -0.153. The van der Waals surface area contributed by atoms with Crippen LogP contribution in [0, 0.1) is 5.92 Å². The molecule has 8 nitrogen and oxygen atoms in total. The highest BCUT2D eigenvalue weighted by molar-refractivity contribution is 5.91. The maximum Gasteiger partial charge on any atom is 0.283 e. The number of nitrogens with zero attached hydrogens (tertiary/aromatic N) is 1. The fourth-order valence-electron chi connectivity index (χ4n) is 3.92. The largest absolute Gasteiger partial charge is 0.485 e. The van der Waals surface area contributed by atoms with E-state index in [1.807, 2.05) is 44.2 Å². The third-order valence-electron chi connectivity index (χ3n) is 5.56. The average molecular weight is 437 g/mol. The number of benzene rings is 2. The molecule has 0 aromatic heterocycles. The Morgan fingerprint density at radius 1 is 0.969 bits per heavy atom. The Kier molecular flexibility index (Phi) is 6.30. The average Bonchev–Trinajstić information content (AvgIpc) is 2.80. The molecular formula is C24H27N3O5. The van der Waals surface area contributed by atoms with Crippen molar-refractivity contribution in [3.05, 3.63) is 59.7 Å². The summed E-state index contributed by atoms with van der Waals surface area (Å²) in [4.78, 5) is 40.0. The summed E-state index contributed by atoms with van der Waals surface area (Å²) in [6.45, 7) is 4.34. The van der Waals surface area contributed by atoms with Crippen molar-refractivity contribution in [2.45, 2.75) is 45.4 Å². The summed E-state index contributed by atoms with van der Waals surface area (Å²) in [6, 6.07) is 14.1. The van der Waals surface area contributed by atoms with Gasteiger partial charge in [0, 0.05) is 19.4 Å². The number of hydrazine groups is 1. The van der Waals surface area contributed by atoms with Gasteiger partial charge in [-0.15, -0.1) is 0 Å². The summed E-state index contributed by atoms with van der Waals surface area (Å²) < 4.78 is 11.2. The molecule has 3 amide bonds. The molecule has 2 aliphatic rings. The fraction of sp³-hybridized carbons (Fsp3) is 0.375. The van der Waals surface area contributed by atoms with E-state index in [0.29, 0.717) is 30.9 Å². The number of rotatable bonds is 4. The van der Waals surface area contributed by atoms with Crippen LogP contribution in [0.4, 0.5) is 0 Å². The number of para-hydroxylation sites is 2. The monoisotopic (exact) mass is 437 g/mol. The first-order valence-electron chi connectivity index (χ1n) is 10.8. The molecule has 0 aliphatic carbocycles. The van der Waals surface area contributed by atoms with Gasteiger partial charge in [0.05, 0.1) is 0 Å². The minimum absolute atomic E-state index is 0.0362. The molecule has 0 bridgehead atoms. The quantitative estimate of drug-likeness (QED) is 0.713. The first-order chi connectivity index (χ1) is 15.4. The van der Waals surface area contributed by atoms with Crippen LogP contribution in [0.3, 0.4) is 0 Å². The minimum atomic E-state index is -0.893. The van der Waals surface area contributed by atoms with Gasteiger partial charge in [-0.05, 0) is 29.2 Å². The van der Waals surface area contributed by atoms with Crippen LogP contribution in [0.15, 0.2) is 48.5 Å². The Labute approximate surface area is 186 Å². The van der Waals surface area contributed by atoms with Crippen molar-refractivity contribution in [3.8, 4) is 11.5 Å². The van der Waals surface area contributed by atoms with E-state index < -0.39 is 24.0 Å². The van der Waals surface area contributed by atoms with Crippen molar-refractivity contribution in [3.63, 3.8) is 0 Å². The first kappa shape index (κ1) is 21.7. The van der Waals surface area contributed by atoms with E-state index in [2.05, 4.69) is 10.9 Å². The van der Waals surface area contributed by atoms with Gasteiger partial charge in [0.15, 0.2) is 11.5 Å². The van der Waals surface area contributed by atoms with Crippen LogP contribution in [-0.2, 0) is 27.3 Å². The second-order valence-electron chi connectivity index (χ2n) is 8.45. The Morgan fingerprint density at radius 3 is 2.38 bits per heavy atom. The van der Waals surface area contributed by atoms with Gasteiger partial charge >= 0.3 is 0 Å². The van der Waals surface area contributed by atoms with Gasteiger partial charge in [-0.1, -0.05) is 50.2 Å². The standard InChI is InChI=1S/C24H27N3O5/c1-15(2)11-22(28)27-13-17-8-4-3-7-16(17)12-18(27)23(29)25-26-24(30)21-14-31-19-9-5-6-10-20(19)32-21/h3-10,15,18,21H,11-14H2,1-2H3,(H,25,29)(H,26,30). The zero-order chi connectivity index (χ0) is 22.7. The van der Waals surface area contributed by atoms with Crippen LogP contribution < -0.4 is 20.3 Å². The van der Waals surface area contributed by atoms with Gasteiger partial charge in [0.25, 0.3) is 11.8 Å². The Morgan fingerprint density at radius 2 is 1.62 bits per heavy atom. The molecule has 2 aromatic carbocycles. The predicted octanol–water partition coefficient (Wildman–Crippen LogP) is 1.97. The predicted molar refractivity (Wildman–Crippen MR) is 117 cm³/mol. The molecular weight excluding hydrogens is 410 g/mol. The second-order valence-corrected chi connectivity index (χ2v) is 8.45. The highest BCUT2D eigenvalue weighted by Crippen LogP contribution is 2.31. The third kappa shape index (κ3) is 4.69. The molecule has 2 heterocycles. The molecule has 0 saturated carbocycles. The Balaban J connectivity index is 1.41. The van der Waals surface area contributed by atoms with Gasteiger partial charge in [-0.2, -0.15) is 0 Å². The fourth-order valence-corrected chi connectivity index (χ4v) is 3.92. The molecule has 2 aliphatic heterocycles. The topological polar surface area (TPSA) is 97.0 Å². The van der Waals surface area contributed by atoms with Gasteiger partial charge in [0.1, 0.15) is 12.6 Å².